The topological polar surface area (TPSA) is 85.6 Å². The largest absolute Gasteiger partial charge is 0.508 e. The number of nitriles is 1. The van der Waals surface area contributed by atoms with Crippen molar-refractivity contribution in [1.82, 2.24) is 4.90 Å². The summed E-state index contributed by atoms with van der Waals surface area (Å²) in [4.78, 5) is 14.0. The minimum Gasteiger partial charge on any atom is -0.508 e. The van der Waals surface area contributed by atoms with Gasteiger partial charge in [-0.25, -0.2) is 0 Å². The number of benzene rings is 1. The van der Waals surface area contributed by atoms with E-state index >= 15 is 0 Å². The summed E-state index contributed by atoms with van der Waals surface area (Å²) in [6, 6.07) is 6.56. The molecule has 0 bridgehead atoms. The molecule has 1 aromatic carbocycles. The lowest BCUT2D eigenvalue weighted by atomic mass is 10.1. The maximum absolute atomic E-state index is 12.1. The van der Waals surface area contributed by atoms with Crippen molar-refractivity contribution in [1.29, 1.82) is 5.26 Å². The van der Waals surface area contributed by atoms with E-state index in [2.05, 4.69) is 5.32 Å². The molecular weight excluding hydrogens is 270 g/mol. The van der Waals surface area contributed by atoms with Crippen molar-refractivity contribution in [2.45, 2.75) is 6.92 Å². The second-order valence-corrected chi connectivity index (χ2v) is 4.76. The van der Waals surface area contributed by atoms with E-state index in [9.17, 15) is 9.90 Å². The Bertz CT molecular complexity index is 599. The summed E-state index contributed by atoms with van der Waals surface area (Å²) < 4.78 is 5.22. The van der Waals surface area contributed by atoms with E-state index in [1.54, 1.807) is 25.3 Å². The van der Waals surface area contributed by atoms with Crippen LogP contribution in [0.4, 0.5) is 5.69 Å². The SMILES string of the molecule is Cc1cc(O)ccc1NC(=O)/C(C#N)=C\N1CCOCC1. The van der Waals surface area contributed by atoms with Crippen LogP contribution in [0.1, 0.15) is 5.56 Å². The van der Waals surface area contributed by atoms with Gasteiger partial charge in [0.15, 0.2) is 0 Å². The predicted octanol–water partition coefficient (Wildman–Crippen LogP) is 1.38. The summed E-state index contributed by atoms with van der Waals surface area (Å²) >= 11 is 0. The van der Waals surface area contributed by atoms with Crippen LogP contribution in [-0.4, -0.2) is 42.2 Å². The van der Waals surface area contributed by atoms with Gasteiger partial charge in [-0.2, -0.15) is 5.26 Å². The number of hydrogen-bond acceptors (Lipinski definition) is 5. The molecule has 1 fully saturated rings. The molecule has 0 saturated carbocycles. The molecule has 0 aliphatic carbocycles. The van der Waals surface area contributed by atoms with Crippen LogP contribution in [-0.2, 0) is 9.53 Å². The third-order valence-corrected chi connectivity index (χ3v) is 3.18. The molecule has 110 valence electrons. The van der Waals surface area contributed by atoms with Crippen molar-refractivity contribution in [3.63, 3.8) is 0 Å². The first kappa shape index (κ1) is 14.9. The zero-order chi connectivity index (χ0) is 15.2. The van der Waals surface area contributed by atoms with Gasteiger partial charge in [-0.05, 0) is 30.7 Å². The van der Waals surface area contributed by atoms with Crippen LogP contribution in [0.2, 0.25) is 0 Å². The van der Waals surface area contributed by atoms with Crippen LogP contribution >= 0.6 is 0 Å². The van der Waals surface area contributed by atoms with Crippen molar-refractivity contribution >= 4 is 11.6 Å². The molecule has 21 heavy (non-hydrogen) atoms. The molecule has 0 radical (unpaired) electrons. The Morgan fingerprint density at radius 3 is 2.81 bits per heavy atom. The molecule has 0 atom stereocenters. The minimum atomic E-state index is -0.460. The Morgan fingerprint density at radius 2 is 2.19 bits per heavy atom. The average Bonchev–Trinajstić information content (AvgIpc) is 2.48. The van der Waals surface area contributed by atoms with E-state index in [-0.39, 0.29) is 11.3 Å². The Morgan fingerprint density at radius 1 is 1.48 bits per heavy atom. The van der Waals surface area contributed by atoms with Gasteiger partial charge < -0.3 is 20.1 Å². The molecule has 0 unspecified atom stereocenters. The number of nitrogens with one attached hydrogen (secondary N) is 1. The molecule has 1 aliphatic rings. The number of amides is 1. The second-order valence-electron chi connectivity index (χ2n) is 4.76. The van der Waals surface area contributed by atoms with Crippen LogP contribution in [0, 0.1) is 18.3 Å². The van der Waals surface area contributed by atoms with E-state index in [4.69, 9.17) is 10.00 Å². The van der Waals surface area contributed by atoms with Crippen molar-refractivity contribution < 1.29 is 14.6 Å². The van der Waals surface area contributed by atoms with Gasteiger partial charge in [-0.3, -0.25) is 4.79 Å². The highest BCUT2D eigenvalue weighted by Gasteiger charge is 2.14. The summed E-state index contributed by atoms with van der Waals surface area (Å²) in [5.41, 5.74) is 1.34. The number of phenols is 1. The average molecular weight is 287 g/mol. The van der Waals surface area contributed by atoms with Crippen LogP contribution in [0.15, 0.2) is 30.0 Å². The van der Waals surface area contributed by atoms with Crippen LogP contribution in [0.25, 0.3) is 0 Å². The highest BCUT2D eigenvalue weighted by Crippen LogP contribution is 2.20. The number of rotatable bonds is 3. The van der Waals surface area contributed by atoms with Gasteiger partial charge in [-0.1, -0.05) is 0 Å². The van der Waals surface area contributed by atoms with Crippen LogP contribution in [0.3, 0.4) is 0 Å². The molecule has 6 heteroatoms. The quantitative estimate of drug-likeness (QED) is 0.498. The number of carbonyl (C=O) groups is 1. The molecule has 2 N–H and O–H groups in total. The van der Waals surface area contributed by atoms with Gasteiger partial charge in [0.05, 0.1) is 13.2 Å². The molecular formula is C15H17N3O3. The summed E-state index contributed by atoms with van der Waals surface area (Å²) in [6.07, 6.45) is 1.56. The van der Waals surface area contributed by atoms with Gasteiger partial charge in [0, 0.05) is 25.0 Å². The summed E-state index contributed by atoms with van der Waals surface area (Å²) in [5.74, 6) is -0.326. The van der Waals surface area contributed by atoms with Crippen molar-refractivity contribution in [3.8, 4) is 11.8 Å². The fourth-order valence-corrected chi connectivity index (χ4v) is 2.01. The van der Waals surface area contributed by atoms with Crippen molar-refractivity contribution in [3.05, 3.63) is 35.5 Å². The monoisotopic (exact) mass is 287 g/mol. The lowest BCUT2D eigenvalue weighted by Crippen LogP contribution is -2.33. The van der Waals surface area contributed by atoms with Crippen LogP contribution < -0.4 is 5.32 Å². The first-order chi connectivity index (χ1) is 10.1. The summed E-state index contributed by atoms with van der Waals surface area (Å²) in [6.45, 7) is 4.28. The Kier molecular flexibility index (Phi) is 4.80. The van der Waals surface area contributed by atoms with Gasteiger partial charge in [-0.15, -0.1) is 0 Å². The number of ether oxygens (including phenoxy) is 1. The minimum absolute atomic E-state index is 0.0457. The smallest absolute Gasteiger partial charge is 0.267 e. The number of carbonyl (C=O) groups excluding carboxylic acids is 1. The predicted molar refractivity (Wildman–Crippen MR) is 77.6 cm³/mol. The van der Waals surface area contributed by atoms with Gasteiger partial charge in [0.2, 0.25) is 0 Å². The number of aromatic hydroxyl groups is 1. The number of anilines is 1. The fourth-order valence-electron chi connectivity index (χ4n) is 2.01. The zero-order valence-electron chi connectivity index (χ0n) is 11.8. The lowest BCUT2D eigenvalue weighted by Gasteiger charge is -2.25. The standard InChI is InChI=1S/C15H17N3O3/c1-11-8-13(19)2-3-14(11)17-15(20)12(9-16)10-18-4-6-21-7-5-18/h2-3,8,10,19H,4-7H2,1H3,(H,17,20)/b12-10-. The summed E-state index contributed by atoms with van der Waals surface area (Å²) in [5, 5.41) is 21.2. The molecule has 1 heterocycles. The number of morpholine rings is 1. The number of phenolic OH excluding ortho intramolecular Hbond substituents is 1. The van der Waals surface area contributed by atoms with Gasteiger partial charge in [0.1, 0.15) is 17.4 Å². The van der Waals surface area contributed by atoms with Gasteiger partial charge >= 0.3 is 0 Å². The first-order valence-corrected chi connectivity index (χ1v) is 6.65. The van der Waals surface area contributed by atoms with E-state index in [1.165, 1.54) is 6.07 Å². The molecule has 0 spiro atoms. The van der Waals surface area contributed by atoms with E-state index in [0.717, 1.165) is 5.56 Å². The maximum Gasteiger partial charge on any atom is 0.267 e. The highest BCUT2D eigenvalue weighted by atomic mass is 16.5. The van der Waals surface area contributed by atoms with E-state index in [0.29, 0.717) is 32.0 Å². The normalized spacial score (nSPS) is 15.4. The molecule has 6 nitrogen and oxygen atoms in total. The van der Waals surface area contributed by atoms with E-state index in [1.807, 2.05) is 11.0 Å². The Hall–Kier alpha value is -2.52. The number of nitrogens with zero attached hydrogens (tertiary/aromatic N) is 2. The van der Waals surface area contributed by atoms with Crippen molar-refractivity contribution in [2.24, 2.45) is 0 Å². The molecule has 1 aromatic rings. The molecule has 1 amide bonds. The number of hydrogen-bond donors (Lipinski definition) is 2. The molecule has 1 saturated heterocycles. The number of aryl methyl sites for hydroxylation is 1. The molecule has 2 rings (SSSR count). The van der Waals surface area contributed by atoms with Crippen molar-refractivity contribution in [2.75, 3.05) is 31.6 Å². The van der Waals surface area contributed by atoms with Crippen LogP contribution in [0.5, 0.6) is 5.75 Å². The highest BCUT2D eigenvalue weighted by molar-refractivity contribution is 6.06. The van der Waals surface area contributed by atoms with E-state index < -0.39 is 5.91 Å². The molecule has 1 aliphatic heterocycles. The zero-order valence-corrected chi connectivity index (χ0v) is 11.8. The molecule has 0 aromatic heterocycles. The maximum atomic E-state index is 12.1. The van der Waals surface area contributed by atoms with Gasteiger partial charge in [0.25, 0.3) is 5.91 Å². The third kappa shape index (κ3) is 3.97. The first-order valence-electron chi connectivity index (χ1n) is 6.65. The summed E-state index contributed by atoms with van der Waals surface area (Å²) in [7, 11) is 0. The lowest BCUT2D eigenvalue weighted by molar-refractivity contribution is -0.112. The fraction of sp³-hybridized carbons (Fsp3) is 0.333. The Labute approximate surface area is 123 Å². The second kappa shape index (κ2) is 6.77. The Balaban J connectivity index is 2.09. The third-order valence-electron chi connectivity index (χ3n) is 3.18.